The molecule has 2 unspecified atom stereocenters. The van der Waals surface area contributed by atoms with Crippen LogP contribution in [0.1, 0.15) is 31.2 Å². The maximum atomic E-state index is 3.49. The molecule has 18 heavy (non-hydrogen) atoms. The summed E-state index contributed by atoms with van der Waals surface area (Å²) in [5.74, 6) is 1.61. The van der Waals surface area contributed by atoms with Gasteiger partial charge in [-0.25, -0.2) is 0 Å². The van der Waals surface area contributed by atoms with Crippen LogP contribution in [-0.2, 0) is 0 Å². The van der Waals surface area contributed by atoms with Gasteiger partial charge in [0.2, 0.25) is 0 Å². The fourth-order valence-corrected chi connectivity index (χ4v) is 3.02. The third-order valence-electron chi connectivity index (χ3n) is 4.28. The van der Waals surface area contributed by atoms with Gasteiger partial charge >= 0.3 is 0 Å². The van der Waals surface area contributed by atoms with E-state index in [1.165, 1.54) is 35.7 Å². The lowest BCUT2D eigenvalue weighted by molar-refractivity contribution is 0.247. The molecule has 94 valence electrons. The number of hydrogen-bond donors (Lipinski definition) is 1. The van der Waals surface area contributed by atoms with Gasteiger partial charge in [0.25, 0.3) is 0 Å². The smallest absolute Gasteiger partial charge is 0.00148 e. The molecule has 0 amide bonds. The van der Waals surface area contributed by atoms with E-state index in [1.807, 2.05) is 0 Å². The molecule has 1 N–H and O–H groups in total. The molecule has 1 heteroatoms. The molecule has 2 aromatic carbocycles. The summed E-state index contributed by atoms with van der Waals surface area (Å²) in [5.41, 5.74) is 1.53. The van der Waals surface area contributed by atoms with E-state index in [9.17, 15) is 0 Å². The predicted octanol–water partition coefficient (Wildman–Crippen LogP) is 3.94. The average molecular weight is 239 g/mol. The first-order valence-corrected chi connectivity index (χ1v) is 7.08. The summed E-state index contributed by atoms with van der Waals surface area (Å²) in [5, 5.41) is 6.22. The van der Waals surface area contributed by atoms with Crippen LogP contribution in [0.2, 0.25) is 0 Å². The molecule has 0 aliphatic heterocycles. The monoisotopic (exact) mass is 239 g/mol. The van der Waals surface area contributed by atoms with Gasteiger partial charge in [-0.15, -0.1) is 0 Å². The highest BCUT2D eigenvalue weighted by Crippen LogP contribution is 2.42. The number of nitrogens with one attached hydrogen (secondary N) is 1. The van der Waals surface area contributed by atoms with Gasteiger partial charge in [0.05, 0.1) is 0 Å². The van der Waals surface area contributed by atoms with Crippen LogP contribution in [0, 0.1) is 5.92 Å². The van der Waals surface area contributed by atoms with Crippen molar-refractivity contribution in [2.45, 2.75) is 25.7 Å². The molecule has 1 saturated carbocycles. The molecule has 1 nitrogen and oxygen atoms in total. The number of fused-ring (bicyclic) bond motifs is 1. The Hall–Kier alpha value is -1.34. The van der Waals surface area contributed by atoms with Crippen molar-refractivity contribution in [2.24, 2.45) is 5.92 Å². The Bertz CT molecular complexity index is 532. The molecule has 0 saturated heterocycles. The molecule has 0 bridgehead atoms. The first-order valence-electron chi connectivity index (χ1n) is 7.08. The van der Waals surface area contributed by atoms with Crippen molar-refractivity contribution >= 4 is 10.8 Å². The zero-order valence-corrected chi connectivity index (χ0v) is 11.0. The molecule has 0 heterocycles. The molecule has 1 aliphatic rings. The Morgan fingerprint density at radius 3 is 2.61 bits per heavy atom. The summed E-state index contributed by atoms with van der Waals surface area (Å²) < 4.78 is 0. The highest BCUT2D eigenvalue weighted by atomic mass is 14.9. The lowest BCUT2D eigenvalue weighted by Gasteiger charge is -2.37. The molecule has 3 rings (SSSR count). The summed E-state index contributed by atoms with van der Waals surface area (Å²) in [6, 6.07) is 15.6. The summed E-state index contributed by atoms with van der Waals surface area (Å²) in [6.45, 7) is 4.44. The van der Waals surface area contributed by atoms with Gasteiger partial charge in [-0.05, 0) is 54.1 Å². The highest BCUT2D eigenvalue weighted by Gasteiger charge is 2.31. The van der Waals surface area contributed by atoms with Crippen LogP contribution < -0.4 is 5.32 Å². The summed E-state index contributed by atoms with van der Waals surface area (Å²) in [6.07, 6.45) is 2.74. The Kier molecular flexibility index (Phi) is 3.33. The van der Waals surface area contributed by atoms with Gasteiger partial charge in [-0.2, -0.15) is 0 Å². The summed E-state index contributed by atoms with van der Waals surface area (Å²) >= 11 is 0. The lowest BCUT2D eigenvalue weighted by Crippen LogP contribution is -2.33. The zero-order chi connectivity index (χ0) is 12.4. The normalized spacial score (nSPS) is 22.9. The Morgan fingerprint density at radius 2 is 1.89 bits per heavy atom. The number of benzene rings is 2. The van der Waals surface area contributed by atoms with Crippen molar-refractivity contribution in [3.8, 4) is 0 Å². The standard InChI is InChI=1S/C17H21N/c1-2-18-12-16-9-10-17(16)15-8-7-13-5-3-4-6-14(13)11-15/h3-8,11,16-18H,2,9-10,12H2,1H3. The van der Waals surface area contributed by atoms with Gasteiger partial charge in [-0.3, -0.25) is 0 Å². The third-order valence-corrected chi connectivity index (χ3v) is 4.28. The second-order valence-corrected chi connectivity index (χ2v) is 5.36. The Balaban J connectivity index is 1.81. The predicted molar refractivity (Wildman–Crippen MR) is 78.0 cm³/mol. The molecular formula is C17H21N. The van der Waals surface area contributed by atoms with E-state index in [2.05, 4.69) is 54.7 Å². The van der Waals surface area contributed by atoms with Crippen LogP contribution in [0.15, 0.2) is 42.5 Å². The van der Waals surface area contributed by atoms with Crippen molar-refractivity contribution in [3.05, 3.63) is 48.0 Å². The van der Waals surface area contributed by atoms with E-state index in [0.717, 1.165) is 18.4 Å². The van der Waals surface area contributed by atoms with Gasteiger partial charge in [0.1, 0.15) is 0 Å². The molecule has 0 spiro atoms. The van der Waals surface area contributed by atoms with Gasteiger partial charge in [0.15, 0.2) is 0 Å². The van der Waals surface area contributed by atoms with Crippen LogP contribution in [0.25, 0.3) is 10.8 Å². The lowest BCUT2D eigenvalue weighted by atomic mass is 9.70. The van der Waals surface area contributed by atoms with Crippen molar-refractivity contribution < 1.29 is 0 Å². The van der Waals surface area contributed by atoms with Gasteiger partial charge in [0, 0.05) is 0 Å². The average Bonchev–Trinajstić information content (AvgIpc) is 2.38. The molecule has 2 atom stereocenters. The molecule has 0 aromatic heterocycles. The maximum Gasteiger partial charge on any atom is -0.00148 e. The summed E-state index contributed by atoms with van der Waals surface area (Å²) in [4.78, 5) is 0. The second kappa shape index (κ2) is 5.11. The molecule has 2 aromatic rings. The van der Waals surface area contributed by atoms with E-state index in [4.69, 9.17) is 0 Å². The quantitative estimate of drug-likeness (QED) is 0.852. The molecule has 1 fully saturated rings. The van der Waals surface area contributed by atoms with Crippen LogP contribution in [0.5, 0.6) is 0 Å². The van der Waals surface area contributed by atoms with E-state index >= 15 is 0 Å². The second-order valence-electron chi connectivity index (χ2n) is 5.36. The Morgan fingerprint density at radius 1 is 1.06 bits per heavy atom. The van der Waals surface area contributed by atoms with Crippen molar-refractivity contribution in [1.82, 2.24) is 5.32 Å². The SMILES string of the molecule is CCNCC1CCC1c1ccc2ccccc2c1. The van der Waals surface area contributed by atoms with Crippen LogP contribution in [-0.4, -0.2) is 13.1 Å². The van der Waals surface area contributed by atoms with E-state index in [-0.39, 0.29) is 0 Å². The molecule has 1 aliphatic carbocycles. The summed E-state index contributed by atoms with van der Waals surface area (Å²) in [7, 11) is 0. The van der Waals surface area contributed by atoms with Gasteiger partial charge < -0.3 is 5.32 Å². The van der Waals surface area contributed by atoms with Crippen LogP contribution in [0.4, 0.5) is 0 Å². The third kappa shape index (κ3) is 2.15. The van der Waals surface area contributed by atoms with Crippen molar-refractivity contribution in [3.63, 3.8) is 0 Å². The number of rotatable bonds is 4. The molecular weight excluding hydrogens is 218 g/mol. The van der Waals surface area contributed by atoms with Crippen molar-refractivity contribution in [2.75, 3.05) is 13.1 Å². The highest BCUT2D eigenvalue weighted by molar-refractivity contribution is 5.83. The topological polar surface area (TPSA) is 12.0 Å². The first-order chi connectivity index (χ1) is 8.88. The van der Waals surface area contributed by atoms with E-state index in [1.54, 1.807) is 0 Å². The van der Waals surface area contributed by atoms with E-state index in [0.29, 0.717) is 0 Å². The van der Waals surface area contributed by atoms with Crippen LogP contribution >= 0.6 is 0 Å². The maximum absolute atomic E-state index is 3.49. The van der Waals surface area contributed by atoms with Crippen LogP contribution in [0.3, 0.4) is 0 Å². The zero-order valence-electron chi connectivity index (χ0n) is 11.0. The fourth-order valence-electron chi connectivity index (χ4n) is 3.02. The number of hydrogen-bond acceptors (Lipinski definition) is 1. The minimum atomic E-state index is 0.772. The Labute approximate surface area is 109 Å². The minimum absolute atomic E-state index is 0.772. The molecule has 0 radical (unpaired) electrons. The largest absolute Gasteiger partial charge is 0.317 e. The van der Waals surface area contributed by atoms with E-state index < -0.39 is 0 Å². The fraction of sp³-hybridized carbons (Fsp3) is 0.412. The van der Waals surface area contributed by atoms with Gasteiger partial charge in [-0.1, -0.05) is 49.4 Å². The van der Waals surface area contributed by atoms with Crippen molar-refractivity contribution in [1.29, 1.82) is 0 Å². The first kappa shape index (κ1) is 11.7. The minimum Gasteiger partial charge on any atom is -0.317 e.